The third kappa shape index (κ3) is 3.49. The van der Waals surface area contributed by atoms with Crippen LogP contribution in [0, 0.1) is 13.8 Å². The summed E-state index contributed by atoms with van der Waals surface area (Å²) in [4.78, 5) is 5.53. The lowest BCUT2D eigenvalue weighted by molar-refractivity contribution is -0.137. The van der Waals surface area contributed by atoms with Crippen molar-refractivity contribution in [3.63, 3.8) is 0 Å². The van der Waals surface area contributed by atoms with Gasteiger partial charge in [-0.05, 0) is 43.2 Å². The lowest BCUT2D eigenvalue weighted by atomic mass is 9.95. The quantitative estimate of drug-likeness (QED) is 0.896. The van der Waals surface area contributed by atoms with E-state index in [1.807, 2.05) is 19.9 Å². The first-order valence-electron chi connectivity index (χ1n) is 8.14. The first-order valence-corrected chi connectivity index (χ1v) is 8.14. The molecule has 0 radical (unpaired) electrons. The number of aromatic amines is 1. The molecule has 0 amide bonds. The highest BCUT2D eigenvalue weighted by Crippen LogP contribution is 2.35. The average molecular weight is 337 g/mol. The molecule has 130 valence electrons. The van der Waals surface area contributed by atoms with Crippen molar-refractivity contribution < 1.29 is 13.2 Å². The zero-order chi connectivity index (χ0) is 17.3. The number of halogens is 3. The maximum Gasteiger partial charge on any atom is 0.416 e. The average Bonchev–Trinajstić information content (AvgIpc) is 2.87. The lowest BCUT2D eigenvalue weighted by Gasteiger charge is -2.35. The van der Waals surface area contributed by atoms with Crippen LogP contribution >= 0.6 is 0 Å². The van der Waals surface area contributed by atoms with E-state index in [1.54, 1.807) is 6.07 Å². The highest BCUT2D eigenvalue weighted by atomic mass is 19.4. The first kappa shape index (κ1) is 17.0. The van der Waals surface area contributed by atoms with Gasteiger partial charge in [0.25, 0.3) is 0 Å². The van der Waals surface area contributed by atoms with E-state index in [2.05, 4.69) is 15.2 Å². The van der Waals surface area contributed by atoms with E-state index < -0.39 is 11.7 Å². The van der Waals surface area contributed by atoms with E-state index in [4.69, 9.17) is 0 Å². The van der Waals surface area contributed by atoms with Crippen molar-refractivity contribution in [3.8, 4) is 0 Å². The van der Waals surface area contributed by atoms with Crippen LogP contribution in [0.25, 0.3) is 0 Å². The molecule has 0 aliphatic carbocycles. The van der Waals surface area contributed by atoms with Gasteiger partial charge < -0.3 is 10.3 Å². The summed E-state index contributed by atoms with van der Waals surface area (Å²) >= 11 is 0. The Morgan fingerprint density at radius 3 is 2.38 bits per heavy atom. The summed E-state index contributed by atoms with van der Waals surface area (Å²) in [5.41, 5.74) is 3.18. The van der Waals surface area contributed by atoms with Gasteiger partial charge in [-0.1, -0.05) is 12.1 Å². The molecule has 1 aromatic carbocycles. The minimum Gasteiger partial charge on any atom is -0.362 e. The van der Waals surface area contributed by atoms with Crippen molar-refractivity contribution in [3.05, 3.63) is 58.4 Å². The Bertz CT molecular complexity index is 700. The summed E-state index contributed by atoms with van der Waals surface area (Å²) < 4.78 is 39.4. The number of aryl methyl sites for hydroxylation is 2. The number of nitrogens with one attached hydrogen (secondary N) is 2. The second-order valence-corrected chi connectivity index (χ2v) is 6.34. The Kier molecular flexibility index (Phi) is 4.69. The van der Waals surface area contributed by atoms with E-state index in [-0.39, 0.29) is 6.04 Å². The Balaban J connectivity index is 2.06. The molecule has 3 rings (SSSR count). The number of benzene rings is 1. The predicted octanol–water partition coefficient (Wildman–Crippen LogP) is 3.64. The second kappa shape index (κ2) is 6.61. The molecule has 2 aromatic rings. The van der Waals surface area contributed by atoms with E-state index in [1.165, 1.54) is 12.1 Å². The van der Waals surface area contributed by atoms with Gasteiger partial charge in [0.05, 0.1) is 11.6 Å². The van der Waals surface area contributed by atoms with E-state index in [0.717, 1.165) is 49.2 Å². The summed E-state index contributed by atoms with van der Waals surface area (Å²) in [7, 11) is 0. The van der Waals surface area contributed by atoms with Crippen LogP contribution < -0.4 is 5.32 Å². The van der Waals surface area contributed by atoms with Gasteiger partial charge in [-0.2, -0.15) is 13.2 Å². The van der Waals surface area contributed by atoms with Crippen LogP contribution in [-0.4, -0.2) is 36.1 Å². The minimum absolute atomic E-state index is 0.167. The molecule has 1 saturated heterocycles. The molecule has 0 spiro atoms. The zero-order valence-electron chi connectivity index (χ0n) is 13.9. The molecule has 1 aliphatic heterocycles. The second-order valence-electron chi connectivity index (χ2n) is 6.34. The van der Waals surface area contributed by atoms with Crippen LogP contribution in [-0.2, 0) is 6.18 Å². The fourth-order valence-corrected chi connectivity index (χ4v) is 3.44. The Morgan fingerprint density at radius 2 is 1.79 bits per heavy atom. The molecule has 0 bridgehead atoms. The number of piperazine rings is 1. The van der Waals surface area contributed by atoms with Crippen LogP contribution in [0.2, 0.25) is 0 Å². The molecule has 1 unspecified atom stereocenters. The molecular weight excluding hydrogens is 315 g/mol. The molecule has 2 heterocycles. The number of hydrogen-bond donors (Lipinski definition) is 2. The summed E-state index contributed by atoms with van der Waals surface area (Å²) in [6.45, 7) is 7.26. The highest BCUT2D eigenvalue weighted by molar-refractivity contribution is 5.38. The largest absolute Gasteiger partial charge is 0.416 e. The Morgan fingerprint density at radius 1 is 1.08 bits per heavy atom. The fraction of sp³-hybridized carbons (Fsp3) is 0.444. The summed E-state index contributed by atoms with van der Waals surface area (Å²) in [5.74, 6) is 0. The number of hydrogen-bond acceptors (Lipinski definition) is 2. The van der Waals surface area contributed by atoms with Crippen molar-refractivity contribution in [1.29, 1.82) is 0 Å². The lowest BCUT2D eigenvalue weighted by Crippen LogP contribution is -2.45. The zero-order valence-corrected chi connectivity index (χ0v) is 13.9. The molecule has 1 atom stereocenters. The number of nitrogens with zero attached hydrogens (tertiary/aromatic N) is 1. The minimum atomic E-state index is -4.33. The molecular formula is C18H22F3N3. The van der Waals surface area contributed by atoms with Gasteiger partial charge in [-0.25, -0.2) is 0 Å². The van der Waals surface area contributed by atoms with Crippen molar-refractivity contribution in [2.45, 2.75) is 26.1 Å². The summed E-state index contributed by atoms with van der Waals surface area (Å²) in [6.07, 6.45) is -4.33. The summed E-state index contributed by atoms with van der Waals surface area (Å²) in [6, 6.07) is 7.59. The van der Waals surface area contributed by atoms with Crippen LogP contribution in [0.1, 0.15) is 34.1 Å². The molecule has 1 aromatic heterocycles. The molecule has 3 nitrogen and oxygen atoms in total. The number of H-pyrrole nitrogens is 1. The third-order valence-corrected chi connectivity index (χ3v) is 4.53. The highest BCUT2D eigenvalue weighted by Gasteiger charge is 2.32. The van der Waals surface area contributed by atoms with Crippen molar-refractivity contribution in [2.75, 3.05) is 26.2 Å². The van der Waals surface area contributed by atoms with Gasteiger partial charge in [-0.15, -0.1) is 0 Å². The van der Waals surface area contributed by atoms with Gasteiger partial charge in [0.15, 0.2) is 0 Å². The van der Waals surface area contributed by atoms with Gasteiger partial charge in [0, 0.05) is 37.6 Å². The number of alkyl halides is 3. The van der Waals surface area contributed by atoms with E-state index in [9.17, 15) is 13.2 Å². The molecule has 0 saturated carbocycles. The topological polar surface area (TPSA) is 31.1 Å². The van der Waals surface area contributed by atoms with Crippen LogP contribution in [0.3, 0.4) is 0 Å². The van der Waals surface area contributed by atoms with Crippen molar-refractivity contribution in [1.82, 2.24) is 15.2 Å². The standard InChI is InChI=1S/C18H22F3N3/c1-12-10-16(13(2)23-12)17(24-8-6-22-7-9-24)14-4-3-5-15(11-14)18(19,20)21/h3-5,10-11,17,22-23H,6-9H2,1-2H3. The normalized spacial score (nSPS) is 17.9. The SMILES string of the molecule is Cc1cc(C(c2cccc(C(F)(F)F)c2)N2CCNCC2)c(C)[nH]1. The van der Waals surface area contributed by atoms with Gasteiger partial charge in [0.2, 0.25) is 0 Å². The fourth-order valence-electron chi connectivity index (χ4n) is 3.44. The summed E-state index contributed by atoms with van der Waals surface area (Å²) in [5, 5.41) is 3.30. The Labute approximate surface area is 139 Å². The maximum atomic E-state index is 13.1. The molecule has 24 heavy (non-hydrogen) atoms. The van der Waals surface area contributed by atoms with Gasteiger partial charge >= 0.3 is 6.18 Å². The van der Waals surface area contributed by atoms with Gasteiger partial charge in [0.1, 0.15) is 0 Å². The molecule has 1 fully saturated rings. The van der Waals surface area contributed by atoms with E-state index >= 15 is 0 Å². The first-order chi connectivity index (χ1) is 11.4. The van der Waals surface area contributed by atoms with Crippen LogP contribution in [0.15, 0.2) is 30.3 Å². The van der Waals surface area contributed by atoms with Gasteiger partial charge in [-0.3, -0.25) is 4.90 Å². The van der Waals surface area contributed by atoms with E-state index in [0.29, 0.717) is 5.56 Å². The Hall–Kier alpha value is -1.79. The third-order valence-electron chi connectivity index (χ3n) is 4.53. The maximum absolute atomic E-state index is 13.1. The van der Waals surface area contributed by atoms with Crippen LogP contribution in [0.4, 0.5) is 13.2 Å². The molecule has 1 aliphatic rings. The molecule has 6 heteroatoms. The molecule has 2 N–H and O–H groups in total. The van der Waals surface area contributed by atoms with Crippen molar-refractivity contribution in [2.24, 2.45) is 0 Å². The number of aromatic nitrogens is 1. The van der Waals surface area contributed by atoms with Crippen molar-refractivity contribution >= 4 is 0 Å². The monoisotopic (exact) mass is 337 g/mol. The number of rotatable bonds is 3. The smallest absolute Gasteiger partial charge is 0.362 e. The van der Waals surface area contributed by atoms with Crippen LogP contribution in [0.5, 0.6) is 0 Å². The predicted molar refractivity (Wildman–Crippen MR) is 88.0 cm³/mol.